The van der Waals surface area contributed by atoms with Crippen LogP contribution in [0.4, 0.5) is 0 Å². The van der Waals surface area contributed by atoms with Gasteiger partial charge in [-0.15, -0.1) is 0 Å². The molecule has 0 aromatic heterocycles. The van der Waals surface area contributed by atoms with Crippen LogP contribution in [0.25, 0.3) is 0 Å². The first kappa shape index (κ1) is 17.3. The van der Waals surface area contributed by atoms with Gasteiger partial charge in [-0.2, -0.15) is 0 Å². The van der Waals surface area contributed by atoms with Crippen molar-refractivity contribution in [1.82, 2.24) is 10.6 Å². The molecular weight excluding hydrogens is 268 g/mol. The first-order valence-corrected chi connectivity index (χ1v) is 7.43. The van der Waals surface area contributed by atoms with Gasteiger partial charge >= 0.3 is 0 Å². The fraction of sp³-hybridized carbons (Fsp3) is 0.562. The predicted molar refractivity (Wildman–Crippen MR) is 83.8 cm³/mol. The van der Waals surface area contributed by atoms with Crippen LogP contribution in [0.2, 0.25) is 0 Å². The summed E-state index contributed by atoms with van der Waals surface area (Å²) in [6, 6.07) is 5.88. The van der Waals surface area contributed by atoms with E-state index in [0.717, 1.165) is 12.0 Å². The third-order valence-electron chi connectivity index (χ3n) is 3.09. The second kappa shape index (κ2) is 9.23. The molecule has 0 bridgehead atoms. The molecule has 1 aromatic carbocycles. The van der Waals surface area contributed by atoms with E-state index in [0.29, 0.717) is 24.7 Å². The summed E-state index contributed by atoms with van der Waals surface area (Å²) >= 11 is 0. The second-order valence-electron chi connectivity index (χ2n) is 4.87. The maximum Gasteiger partial charge on any atom is 0.258 e. The topological polar surface area (TPSA) is 59.6 Å². The van der Waals surface area contributed by atoms with E-state index >= 15 is 0 Å². The van der Waals surface area contributed by atoms with Gasteiger partial charge in [0, 0.05) is 18.2 Å². The highest BCUT2D eigenvalue weighted by Crippen LogP contribution is 2.31. The molecule has 0 spiro atoms. The van der Waals surface area contributed by atoms with Gasteiger partial charge in [0.2, 0.25) is 0 Å². The van der Waals surface area contributed by atoms with Crippen molar-refractivity contribution in [3.63, 3.8) is 0 Å². The van der Waals surface area contributed by atoms with Gasteiger partial charge in [-0.25, -0.2) is 0 Å². The van der Waals surface area contributed by atoms with E-state index in [2.05, 4.69) is 10.6 Å². The molecule has 5 heteroatoms. The van der Waals surface area contributed by atoms with E-state index in [1.165, 1.54) is 0 Å². The van der Waals surface area contributed by atoms with Crippen molar-refractivity contribution in [3.05, 3.63) is 23.8 Å². The highest BCUT2D eigenvalue weighted by molar-refractivity contribution is 5.78. The molecule has 2 N–H and O–H groups in total. The number of hydrogen-bond acceptors (Lipinski definition) is 4. The number of nitrogens with one attached hydrogen (secondary N) is 2. The normalized spacial score (nSPS) is 11.8. The molecule has 0 saturated heterocycles. The fourth-order valence-electron chi connectivity index (χ4n) is 1.88. The molecular formula is C16H26N2O3. The van der Waals surface area contributed by atoms with Crippen LogP contribution in [0.5, 0.6) is 11.5 Å². The van der Waals surface area contributed by atoms with Gasteiger partial charge in [-0.3, -0.25) is 4.79 Å². The Balaban J connectivity index is 2.77. The highest BCUT2D eigenvalue weighted by Gasteiger charge is 2.13. The van der Waals surface area contributed by atoms with Crippen LogP contribution in [-0.4, -0.2) is 32.2 Å². The van der Waals surface area contributed by atoms with E-state index in [4.69, 9.17) is 9.47 Å². The molecule has 0 heterocycles. The molecule has 1 atom stereocenters. The number of hydrogen-bond donors (Lipinski definition) is 2. The highest BCUT2D eigenvalue weighted by atomic mass is 16.5. The molecule has 1 unspecified atom stereocenters. The Morgan fingerprint density at radius 2 is 2.05 bits per heavy atom. The van der Waals surface area contributed by atoms with E-state index in [9.17, 15) is 4.79 Å². The molecule has 118 valence electrons. The molecule has 1 rings (SSSR count). The predicted octanol–water partition coefficient (Wildman–Crippen LogP) is 2.10. The SMILES string of the molecule is CCOc1cccc(CNC)c1OCC(=O)NC(C)CC. The van der Waals surface area contributed by atoms with Crippen LogP contribution >= 0.6 is 0 Å². The van der Waals surface area contributed by atoms with Crippen LogP contribution in [0.1, 0.15) is 32.8 Å². The van der Waals surface area contributed by atoms with E-state index in [-0.39, 0.29) is 18.6 Å². The van der Waals surface area contributed by atoms with Crippen molar-refractivity contribution >= 4 is 5.91 Å². The first-order valence-electron chi connectivity index (χ1n) is 7.43. The van der Waals surface area contributed by atoms with Crippen LogP contribution in [0.15, 0.2) is 18.2 Å². The average Bonchev–Trinajstić information content (AvgIpc) is 2.47. The Kier molecular flexibility index (Phi) is 7.61. The summed E-state index contributed by atoms with van der Waals surface area (Å²) in [5.41, 5.74) is 0.972. The Morgan fingerprint density at radius 1 is 1.29 bits per heavy atom. The Labute approximate surface area is 127 Å². The maximum absolute atomic E-state index is 11.8. The lowest BCUT2D eigenvalue weighted by atomic mass is 10.2. The van der Waals surface area contributed by atoms with Crippen molar-refractivity contribution in [1.29, 1.82) is 0 Å². The third kappa shape index (κ3) is 5.63. The molecule has 0 radical (unpaired) electrons. The van der Waals surface area contributed by atoms with Gasteiger partial charge in [0.15, 0.2) is 18.1 Å². The van der Waals surface area contributed by atoms with Gasteiger partial charge in [-0.05, 0) is 33.4 Å². The zero-order valence-corrected chi connectivity index (χ0v) is 13.4. The van der Waals surface area contributed by atoms with Gasteiger partial charge in [-0.1, -0.05) is 19.1 Å². The Hall–Kier alpha value is -1.75. The van der Waals surface area contributed by atoms with E-state index < -0.39 is 0 Å². The lowest BCUT2D eigenvalue weighted by Crippen LogP contribution is -2.35. The van der Waals surface area contributed by atoms with Crippen molar-refractivity contribution in [2.24, 2.45) is 0 Å². The van der Waals surface area contributed by atoms with Crippen molar-refractivity contribution in [3.8, 4) is 11.5 Å². The summed E-state index contributed by atoms with van der Waals surface area (Å²) in [6.45, 7) is 7.12. The fourth-order valence-corrected chi connectivity index (χ4v) is 1.88. The monoisotopic (exact) mass is 294 g/mol. The molecule has 1 amide bonds. The Morgan fingerprint density at radius 3 is 2.67 bits per heavy atom. The number of para-hydroxylation sites is 1. The van der Waals surface area contributed by atoms with Crippen molar-refractivity contribution in [2.45, 2.75) is 39.8 Å². The molecule has 0 aliphatic rings. The average molecular weight is 294 g/mol. The number of amides is 1. The molecule has 0 fully saturated rings. The lowest BCUT2D eigenvalue weighted by molar-refractivity contribution is -0.123. The Bertz CT molecular complexity index is 425. The summed E-state index contributed by atoms with van der Waals surface area (Å²) < 4.78 is 11.3. The zero-order chi connectivity index (χ0) is 15.7. The number of carbonyl (C=O) groups is 1. The summed E-state index contributed by atoms with van der Waals surface area (Å²) in [7, 11) is 1.87. The van der Waals surface area contributed by atoms with Gasteiger partial charge in [0.1, 0.15) is 0 Å². The zero-order valence-electron chi connectivity index (χ0n) is 13.4. The van der Waals surface area contributed by atoms with Gasteiger partial charge in [0.05, 0.1) is 6.61 Å². The van der Waals surface area contributed by atoms with Crippen LogP contribution in [-0.2, 0) is 11.3 Å². The standard InChI is InChI=1S/C16H26N2O3/c1-5-12(3)18-15(19)11-21-16-13(10-17-4)8-7-9-14(16)20-6-2/h7-9,12,17H,5-6,10-11H2,1-4H3,(H,18,19). The summed E-state index contributed by atoms with van der Waals surface area (Å²) in [6.07, 6.45) is 0.895. The van der Waals surface area contributed by atoms with Crippen LogP contribution in [0.3, 0.4) is 0 Å². The maximum atomic E-state index is 11.8. The molecule has 0 aliphatic heterocycles. The number of rotatable bonds is 9. The quantitative estimate of drug-likeness (QED) is 0.732. The first-order chi connectivity index (χ1) is 10.1. The minimum atomic E-state index is -0.119. The molecule has 0 aliphatic carbocycles. The summed E-state index contributed by atoms with van der Waals surface area (Å²) in [5.74, 6) is 1.18. The smallest absolute Gasteiger partial charge is 0.258 e. The second-order valence-corrected chi connectivity index (χ2v) is 4.87. The molecule has 1 aromatic rings. The van der Waals surface area contributed by atoms with Gasteiger partial charge in [0.25, 0.3) is 5.91 Å². The van der Waals surface area contributed by atoms with Gasteiger partial charge < -0.3 is 20.1 Å². The molecule has 21 heavy (non-hydrogen) atoms. The number of benzene rings is 1. The third-order valence-corrected chi connectivity index (χ3v) is 3.09. The molecule has 5 nitrogen and oxygen atoms in total. The number of ether oxygens (including phenoxy) is 2. The molecule has 0 saturated carbocycles. The van der Waals surface area contributed by atoms with E-state index in [1.54, 1.807) is 0 Å². The summed E-state index contributed by atoms with van der Waals surface area (Å²) in [5, 5.41) is 5.97. The minimum Gasteiger partial charge on any atom is -0.490 e. The lowest BCUT2D eigenvalue weighted by Gasteiger charge is -2.17. The van der Waals surface area contributed by atoms with E-state index in [1.807, 2.05) is 46.0 Å². The van der Waals surface area contributed by atoms with Crippen molar-refractivity contribution in [2.75, 3.05) is 20.3 Å². The largest absolute Gasteiger partial charge is 0.490 e. The number of carbonyl (C=O) groups excluding carboxylic acids is 1. The van der Waals surface area contributed by atoms with Crippen LogP contribution in [0, 0.1) is 0 Å². The van der Waals surface area contributed by atoms with Crippen LogP contribution < -0.4 is 20.1 Å². The summed E-state index contributed by atoms with van der Waals surface area (Å²) in [4.78, 5) is 11.8. The minimum absolute atomic E-state index is 0.00879. The van der Waals surface area contributed by atoms with Crippen molar-refractivity contribution < 1.29 is 14.3 Å².